The molecule has 2 heterocycles. The average molecular weight is 367 g/mol. The first-order valence-electron chi connectivity index (χ1n) is 8.65. The van der Waals surface area contributed by atoms with E-state index in [0.717, 1.165) is 24.2 Å². The monoisotopic (exact) mass is 366 g/mol. The van der Waals surface area contributed by atoms with Crippen LogP contribution in [0, 0.1) is 6.92 Å². The number of nitrogens with zero attached hydrogens (tertiary/aromatic N) is 4. The SMILES string of the molecule is Cc1nc(C(=O)N2c3ccccc3CC[C@@H]2C)nn1-c1ccc(Cl)cc1. The Kier molecular flexibility index (Phi) is 4.24. The molecule has 1 atom stereocenters. The molecule has 0 saturated carbocycles. The molecule has 1 aromatic heterocycles. The number of carbonyl (C=O) groups is 1. The topological polar surface area (TPSA) is 51.0 Å². The number of anilines is 1. The summed E-state index contributed by atoms with van der Waals surface area (Å²) in [6.07, 6.45) is 1.91. The van der Waals surface area contributed by atoms with Gasteiger partial charge in [0.05, 0.1) is 5.69 Å². The Balaban J connectivity index is 1.71. The van der Waals surface area contributed by atoms with Crippen LogP contribution in [0.3, 0.4) is 0 Å². The summed E-state index contributed by atoms with van der Waals surface area (Å²) < 4.78 is 1.67. The van der Waals surface area contributed by atoms with E-state index in [4.69, 9.17) is 11.6 Å². The Morgan fingerprint density at radius 3 is 2.65 bits per heavy atom. The lowest BCUT2D eigenvalue weighted by atomic mass is 9.96. The number of carbonyl (C=O) groups excluding carboxylic acids is 1. The fourth-order valence-electron chi connectivity index (χ4n) is 3.41. The molecule has 1 aliphatic heterocycles. The van der Waals surface area contributed by atoms with Crippen molar-refractivity contribution < 1.29 is 4.79 Å². The minimum absolute atomic E-state index is 0.111. The van der Waals surface area contributed by atoms with Crippen LogP contribution in [-0.2, 0) is 6.42 Å². The lowest BCUT2D eigenvalue weighted by molar-refractivity contribution is 0.0965. The second-order valence-corrected chi connectivity index (χ2v) is 7.00. The molecule has 0 saturated heterocycles. The van der Waals surface area contributed by atoms with E-state index in [1.54, 1.807) is 16.8 Å². The molecule has 4 rings (SSSR count). The van der Waals surface area contributed by atoms with Crippen LogP contribution in [0.5, 0.6) is 0 Å². The van der Waals surface area contributed by atoms with Gasteiger partial charge in [-0.2, -0.15) is 0 Å². The third kappa shape index (κ3) is 2.88. The first kappa shape index (κ1) is 16.8. The maximum Gasteiger partial charge on any atom is 0.298 e. The molecule has 0 fully saturated rings. The normalized spacial score (nSPS) is 16.4. The fourth-order valence-corrected chi connectivity index (χ4v) is 3.54. The fraction of sp³-hybridized carbons (Fsp3) is 0.250. The summed E-state index contributed by atoms with van der Waals surface area (Å²) >= 11 is 5.95. The largest absolute Gasteiger partial charge is 0.303 e. The molecule has 0 bridgehead atoms. The van der Waals surface area contributed by atoms with E-state index in [-0.39, 0.29) is 17.8 Å². The molecule has 0 spiro atoms. The van der Waals surface area contributed by atoms with Gasteiger partial charge in [0.15, 0.2) is 0 Å². The van der Waals surface area contributed by atoms with Gasteiger partial charge in [-0.15, -0.1) is 5.10 Å². The highest BCUT2D eigenvalue weighted by molar-refractivity contribution is 6.30. The van der Waals surface area contributed by atoms with Gasteiger partial charge in [-0.3, -0.25) is 4.79 Å². The van der Waals surface area contributed by atoms with Crippen LogP contribution in [0.1, 0.15) is 35.4 Å². The van der Waals surface area contributed by atoms with E-state index < -0.39 is 0 Å². The second-order valence-electron chi connectivity index (χ2n) is 6.56. The standard InChI is InChI=1S/C20H19ClN4O/c1-13-7-8-15-5-3-4-6-18(15)24(13)20(26)19-22-14(2)25(23-19)17-11-9-16(21)10-12-17/h3-6,9-13H,7-8H2,1-2H3/t13-/m0/s1. The van der Waals surface area contributed by atoms with Gasteiger partial charge in [-0.05, 0) is 62.6 Å². The highest BCUT2D eigenvalue weighted by atomic mass is 35.5. The van der Waals surface area contributed by atoms with Gasteiger partial charge in [0.25, 0.3) is 5.91 Å². The Bertz CT molecular complexity index is 964. The number of rotatable bonds is 2. The van der Waals surface area contributed by atoms with Gasteiger partial charge < -0.3 is 4.90 Å². The Morgan fingerprint density at radius 2 is 1.88 bits per heavy atom. The van der Waals surface area contributed by atoms with Gasteiger partial charge >= 0.3 is 0 Å². The molecule has 0 radical (unpaired) electrons. The Morgan fingerprint density at radius 1 is 1.15 bits per heavy atom. The average Bonchev–Trinajstić information content (AvgIpc) is 3.03. The summed E-state index contributed by atoms with van der Waals surface area (Å²) in [7, 11) is 0. The van der Waals surface area contributed by atoms with E-state index in [1.165, 1.54) is 5.56 Å². The summed E-state index contributed by atoms with van der Waals surface area (Å²) in [5.41, 5.74) is 2.97. The quantitative estimate of drug-likeness (QED) is 0.682. The van der Waals surface area contributed by atoms with Crippen LogP contribution in [-0.4, -0.2) is 26.7 Å². The molecule has 1 amide bonds. The van der Waals surface area contributed by atoms with Crippen molar-refractivity contribution in [3.05, 3.63) is 70.8 Å². The minimum atomic E-state index is -0.166. The molecule has 0 unspecified atom stereocenters. The maximum atomic E-state index is 13.2. The van der Waals surface area contributed by atoms with Crippen LogP contribution < -0.4 is 4.90 Å². The third-order valence-corrected chi connectivity index (χ3v) is 5.03. The molecular formula is C20H19ClN4O. The summed E-state index contributed by atoms with van der Waals surface area (Å²) in [6, 6.07) is 15.5. The zero-order valence-electron chi connectivity index (χ0n) is 14.7. The summed E-state index contributed by atoms with van der Waals surface area (Å²) in [4.78, 5) is 19.4. The van der Waals surface area contributed by atoms with Crippen molar-refractivity contribution in [1.82, 2.24) is 14.8 Å². The number of hydrogen-bond donors (Lipinski definition) is 0. The summed E-state index contributed by atoms with van der Waals surface area (Å²) in [6.45, 7) is 3.91. The van der Waals surface area contributed by atoms with Crippen LogP contribution in [0.15, 0.2) is 48.5 Å². The van der Waals surface area contributed by atoms with Crippen LogP contribution in [0.4, 0.5) is 5.69 Å². The number of fused-ring (bicyclic) bond motifs is 1. The molecule has 6 heteroatoms. The van der Waals surface area contributed by atoms with Crippen LogP contribution in [0.2, 0.25) is 5.02 Å². The smallest absolute Gasteiger partial charge is 0.298 e. The van der Waals surface area contributed by atoms with Gasteiger partial charge in [-0.25, -0.2) is 9.67 Å². The van der Waals surface area contributed by atoms with Crippen molar-refractivity contribution in [3.8, 4) is 5.69 Å². The van der Waals surface area contributed by atoms with Crippen LogP contribution >= 0.6 is 11.6 Å². The number of amides is 1. The number of hydrogen-bond acceptors (Lipinski definition) is 3. The molecule has 5 nitrogen and oxygen atoms in total. The molecule has 2 aromatic carbocycles. The van der Waals surface area contributed by atoms with Crippen molar-refractivity contribution in [2.75, 3.05) is 4.90 Å². The predicted molar refractivity (Wildman–Crippen MR) is 102 cm³/mol. The highest BCUT2D eigenvalue weighted by Crippen LogP contribution is 2.31. The lowest BCUT2D eigenvalue weighted by Gasteiger charge is -2.34. The van der Waals surface area contributed by atoms with E-state index in [1.807, 2.05) is 42.2 Å². The van der Waals surface area contributed by atoms with Gasteiger partial charge in [-0.1, -0.05) is 29.8 Å². The second kappa shape index (κ2) is 6.57. The number of halogens is 1. The lowest BCUT2D eigenvalue weighted by Crippen LogP contribution is -2.42. The van der Waals surface area contributed by atoms with Crippen LogP contribution in [0.25, 0.3) is 5.69 Å². The van der Waals surface area contributed by atoms with Gasteiger partial charge in [0, 0.05) is 16.8 Å². The Labute approximate surface area is 157 Å². The first-order valence-corrected chi connectivity index (χ1v) is 9.03. The zero-order valence-corrected chi connectivity index (χ0v) is 15.4. The number of para-hydroxylation sites is 1. The molecule has 0 aliphatic carbocycles. The zero-order chi connectivity index (χ0) is 18.3. The first-order chi connectivity index (χ1) is 12.5. The number of benzene rings is 2. The van der Waals surface area contributed by atoms with E-state index in [9.17, 15) is 4.79 Å². The third-order valence-electron chi connectivity index (χ3n) is 4.77. The predicted octanol–water partition coefficient (Wildman–Crippen LogP) is 4.21. The van der Waals surface area contributed by atoms with Crippen molar-refractivity contribution in [1.29, 1.82) is 0 Å². The maximum absolute atomic E-state index is 13.2. The minimum Gasteiger partial charge on any atom is -0.303 e. The molecule has 132 valence electrons. The van der Waals surface area contributed by atoms with Crippen molar-refractivity contribution in [2.45, 2.75) is 32.7 Å². The van der Waals surface area contributed by atoms with Crippen molar-refractivity contribution in [3.63, 3.8) is 0 Å². The van der Waals surface area contributed by atoms with E-state index >= 15 is 0 Å². The van der Waals surface area contributed by atoms with Crippen molar-refractivity contribution in [2.24, 2.45) is 0 Å². The van der Waals surface area contributed by atoms with Crippen molar-refractivity contribution >= 4 is 23.2 Å². The summed E-state index contributed by atoms with van der Waals surface area (Å²) in [5.74, 6) is 0.704. The molecule has 3 aromatic rings. The molecular weight excluding hydrogens is 348 g/mol. The van der Waals surface area contributed by atoms with E-state index in [0.29, 0.717) is 10.8 Å². The van der Waals surface area contributed by atoms with Gasteiger partial charge in [0.1, 0.15) is 5.82 Å². The molecule has 1 aliphatic rings. The van der Waals surface area contributed by atoms with E-state index in [2.05, 4.69) is 23.1 Å². The molecule has 0 N–H and O–H groups in total. The van der Waals surface area contributed by atoms with Gasteiger partial charge in [0.2, 0.25) is 5.82 Å². The number of aromatic nitrogens is 3. The Hall–Kier alpha value is -2.66. The highest BCUT2D eigenvalue weighted by Gasteiger charge is 2.31. The summed E-state index contributed by atoms with van der Waals surface area (Å²) in [5, 5.41) is 5.12. The molecule has 26 heavy (non-hydrogen) atoms. The number of aryl methyl sites for hydroxylation is 2.